The molecular weight excluding hydrogens is 454 g/mol. The molecule has 8 nitrogen and oxygen atoms in total. The number of hydrogen-bond donors (Lipinski definition) is 2. The predicted octanol–water partition coefficient (Wildman–Crippen LogP) is 2.12. The summed E-state index contributed by atoms with van der Waals surface area (Å²) in [5.74, 6) is 1.52. The van der Waals surface area contributed by atoms with Crippen LogP contribution in [0.15, 0.2) is 12.1 Å². The zero-order valence-electron chi connectivity index (χ0n) is 20.6. The molecule has 1 aromatic carbocycles. The number of carbonyl (C=O) groups is 2. The Balaban J connectivity index is 1.68. The average molecular weight is 489 g/mol. The molecule has 1 aliphatic carbocycles. The van der Waals surface area contributed by atoms with Crippen molar-refractivity contribution in [1.82, 2.24) is 4.90 Å². The fraction of sp³-hybridized carbons (Fsp3) is 0.520. The van der Waals surface area contributed by atoms with E-state index in [1.54, 1.807) is 12.1 Å². The molecule has 0 saturated carbocycles. The van der Waals surface area contributed by atoms with E-state index in [4.69, 9.17) is 14.2 Å². The summed E-state index contributed by atoms with van der Waals surface area (Å²) < 4.78 is 16.2. The van der Waals surface area contributed by atoms with Gasteiger partial charge in [-0.1, -0.05) is 6.92 Å². The number of hydrogen-bond acceptors (Lipinski definition) is 6. The molecule has 184 valence electrons. The van der Waals surface area contributed by atoms with Crippen molar-refractivity contribution >= 4 is 28.2 Å². The second kappa shape index (κ2) is 10.2. The zero-order valence-corrected chi connectivity index (χ0v) is 21.4. The van der Waals surface area contributed by atoms with E-state index < -0.39 is 0 Å². The SMILES string of the molecule is COc1cc(C(=O)Nc2sc3c(c2C(=O)N2CC[NH+](C)CC2)CC[C@@H](C)C3)cc(OC)c1OC. The van der Waals surface area contributed by atoms with Gasteiger partial charge >= 0.3 is 0 Å². The highest BCUT2D eigenvalue weighted by atomic mass is 32.1. The van der Waals surface area contributed by atoms with E-state index in [0.717, 1.165) is 51.0 Å². The van der Waals surface area contributed by atoms with Crippen molar-refractivity contribution in [3.8, 4) is 17.2 Å². The fourth-order valence-corrected chi connectivity index (χ4v) is 6.10. The van der Waals surface area contributed by atoms with E-state index >= 15 is 0 Å². The van der Waals surface area contributed by atoms with E-state index in [9.17, 15) is 9.59 Å². The number of carbonyl (C=O) groups excluding carboxylic acids is 2. The van der Waals surface area contributed by atoms with Crippen molar-refractivity contribution in [1.29, 1.82) is 0 Å². The molecule has 2 aromatic rings. The first kappa shape index (κ1) is 24.3. The Labute approximate surface area is 204 Å². The number of quaternary nitrogens is 1. The molecule has 2 aliphatic rings. The van der Waals surface area contributed by atoms with Crippen LogP contribution in [0.5, 0.6) is 17.2 Å². The third kappa shape index (κ3) is 4.72. The van der Waals surface area contributed by atoms with Crippen molar-refractivity contribution in [2.45, 2.75) is 26.2 Å². The summed E-state index contributed by atoms with van der Waals surface area (Å²) in [5.41, 5.74) is 2.16. The molecule has 1 fully saturated rings. The summed E-state index contributed by atoms with van der Waals surface area (Å²) >= 11 is 1.54. The number of nitrogens with zero attached hydrogens (tertiary/aromatic N) is 1. The van der Waals surface area contributed by atoms with Gasteiger partial charge in [0, 0.05) is 10.4 Å². The molecule has 1 saturated heterocycles. The number of anilines is 1. The Kier molecular flexibility index (Phi) is 7.33. The van der Waals surface area contributed by atoms with Crippen LogP contribution in [0.4, 0.5) is 5.00 Å². The highest BCUT2D eigenvalue weighted by Crippen LogP contribution is 2.42. The maximum Gasteiger partial charge on any atom is 0.257 e. The minimum Gasteiger partial charge on any atom is -0.493 e. The topological polar surface area (TPSA) is 81.5 Å². The third-order valence-electron chi connectivity index (χ3n) is 6.78. The molecule has 0 spiro atoms. The van der Waals surface area contributed by atoms with Gasteiger partial charge in [-0.2, -0.15) is 0 Å². The van der Waals surface area contributed by atoms with Gasteiger partial charge in [-0.05, 0) is 42.9 Å². The molecule has 1 atom stereocenters. The number of nitrogens with one attached hydrogen (secondary N) is 2. The number of amides is 2. The lowest BCUT2D eigenvalue weighted by atomic mass is 9.88. The molecule has 2 N–H and O–H groups in total. The van der Waals surface area contributed by atoms with E-state index in [1.807, 2.05) is 4.90 Å². The normalized spacial score (nSPS) is 18.3. The summed E-state index contributed by atoms with van der Waals surface area (Å²) in [6.45, 7) is 5.56. The number of piperazine rings is 1. The van der Waals surface area contributed by atoms with Gasteiger partial charge in [-0.3, -0.25) is 9.59 Å². The van der Waals surface area contributed by atoms with E-state index in [0.29, 0.717) is 39.3 Å². The second-order valence-electron chi connectivity index (χ2n) is 9.17. The molecule has 4 rings (SSSR count). The standard InChI is InChI=1S/C25H33N3O5S/c1-15-6-7-17-20(12-15)34-24(21(17)25(30)28-10-8-27(2)9-11-28)26-23(29)16-13-18(31-3)22(33-5)19(14-16)32-4/h13-15H,6-12H2,1-5H3,(H,26,29)/p+1/t15-/m1/s1. The van der Waals surface area contributed by atoms with Crippen LogP contribution in [0.2, 0.25) is 0 Å². The van der Waals surface area contributed by atoms with Crippen LogP contribution in [0.3, 0.4) is 0 Å². The fourth-order valence-electron chi connectivity index (χ4n) is 4.70. The zero-order chi connectivity index (χ0) is 24.4. The van der Waals surface area contributed by atoms with Gasteiger partial charge in [-0.25, -0.2) is 0 Å². The number of thiophene rings is 1. The minimum absolute atomic E-state index is 0.0275. The monoisotopic (exact) mass is 488 g/mol. The molecule has 1 aromatic heterocycles. The minimum atomic E-state index is -0.317. The van der Waals surface area contributed by atoms with Crippen molar-refractivity contribution in [3.63, 3.8) is 0 Å². The summed E-state index contributed by atoms with van der Waals surface area (Å²) in [5, 5.41) is 3.68. The van der Waals surface area contributed by atoms with Crippen molar-refractivity contribution in [2.24, 2.45) is 5.92 Å². The van der Waals surface area contributed by atoms with E-state index in [1.165, 1.54) is 42.4 Å². The lowest BCUT2D eigenvalue weighted by Gasteiger charge is -2.30. The summed E-state index contributed by atoms with van der Waals surface area (Å²) in [7, 11) is 6.71. The number of rotatable bonds is 6. The van der Waals surface area contributed by atoms with Crippen LogP contribution in [0, 0.1) is 5.92 Å². The molecule has 34 heavy (non-hydrogen) atoms. The van der Waals surface area contributed by atoms with Crippen LogP contribution < -0.4 is 24.4 Å². The molecule has 2 amide bonds. The molecule has 0 bridgehead atoms. The summed E-state index contributed by atoms with van der Waals surface area (Å²) in [6.07, 6.45) is 2.86. The van der Waals surface area contributed by atoms with Crippen molar-refractivity contribution < 1.29 is 28.7 Å². The lowest BCUT2D eigenvalue weighted by Crippen LogP contribution is -3.12. The van der Waals surface area contributed by atoms with Crippen LogP contribution in [0.25, 0.3) is 0 Å². The van der Waals surface area contributed by atoms with Gasteiger partial charge in [0.15, 0.2) is 11.5 Å². The number of fused-ring (bicyclic) bond motifs is 1. The molecule has 9 heteroatoms. The summed E-state index contributed by atoms with van der Waals surface area (Å²) in [6, 6.07) is 3.24. The number of methoxy groups -OCH3 is 3. The Morgan fingerprint density at radius 2 is 1.74 bits per heavy atom. The first-order valence-corrected chi connectivity index (χ1v) is 12.5. The van der Waals surface area contributed by atoms with Crippen LogP contribution >= 0.6 is 11.3 Å². The summed E-state index contributed by atoms with van der Waals surface area (Å²) in [4.78, 5) is 31.6. The smallest absolute Gasteiger partial charge is 0.257 e. The maximum atomic E-state index is 13.7. The Morgan fingerprint density at radius 3 is 2.32 bits per heavy atom. The Hall–Kier alpha value is -2.78. The second-order valence-corrected chi connectivity index (χ2v) is 10.3. The quantitative estimate of drug-likeness (QED) is 0.651. The first-order chi connectivity index (χ1) is 16.4. The van der Waals surface area contributed by atoms with Gasteiger partial charge in [-0.15, -0.1) is 11.3 Å². The number of likely N-dealkylation sites (N-methyl/N-ethyl adjacent to an activating group) is 1. The Bertz CT molecular complexity index is 1050. The van der Waals surface area contributed by atoms with Crippen molar-refractivity contribution in [3.05, 3.63) is 33.7 Å². The van der Waals surface area contributed by atoms with E-state index in [-0.39, 0.29) is 11.8 Å². The van der Waals surface area contributed by atoms with Gasteiger partial charge in [0.2, 0.25) is 5.75 Å². The first-order valence-electron chi connectivity index (χ1n) is 11.7. The molecule has 0 radical (unpaired) electrons. The van der Waals surface area contributed by atoms with Gasteiger partial charge in [0.1, 0.15) is 5.00 Å². The third-order valence-corrected chi connectivity index (χ3v) is 7.95. The largest absolute Gasteiger partial charge is 0.493 e. The van der Waals surface area contributed by atoms with Gasteiger partial charge in [0.05, 0.1) is 60.1 Å². The predicted molar refractivity (Wildman–Crippen MR) is 132 cm³/mol. The number of benzene rings is 1. The molecule has 1 aliphatic heterocycles. The van der Waals surface area contributed by atoms with Crippen LogP contribution in [0.1, 0.15) is 44.5 Å². The number of ether oxygens (including phenoxy) is 3. The van der Waals surface area contributed by atoms with Crippen LogP contribution in [-0.4, -0.2) is 71.3 Å². The lowest BCUT2D eigenvalue weighted by molar-refractivity contribution is -0.883. The highest BCUT2D eigenvalue weighted by Gasteiger charge is 2.32. The Morgan fingerprint density at radius 1 is 1.09 bits per heavy atom. The molecular formula is C25H34N3O5S+. The van der Waals surface area contributed by atoms with Gasteiger partial charge < -0.3 is 29.3 Å². The molecule has 0 unspecified atom stereocenters. The average Bonchev–Trinajstić information content (AvgIpc) is 3.19. The van der Waals surface area contributed by atoms with Gasteiger partial charge in [0.25, 0.3) is 11.8 Å². The van der Waals surface area contributed by atoms with Crippen molar-refractivity contribution in [2.75, 3.05) is 59.9 Å². The highest BCUT2D eigenvalue weighted by molar-refractivity contribution is 7.17. The van der Waals surface area contributed by atoms with E-state index in [2.05, 4.69) is 19.3 Å². The maximum absolute atomic E-state index is 13.7. The van der Waals surface area contributed by atoms with Crippen LogP contribution in [-0.2, 0) is 12.8 Å². The molecule has 2 heterocycles.